The minimum absolute atomic E-state index is 0.288. The van der Waals surface area contributed by atoms with E-state index in [1.54, 1.807) is 19.1 Å². The second-order valence-electron chi connectivity index (χ2n) is 4.30. The van der Waals surface area contributed by atoms with Crippen molar-refractivity contribution in [3.05, 3.63) is 17.7 Å². The van der Waals surface area contributed by atoms with E-state index in [4.69, 9.17) is 14.2 Å². The molecule has 0 fully saturated rings. The number of rotatable bonds is 7. The molecular formula is C14H21NO5. The summed E-state index contributed by atoms with van der Waals surface area (Å²) in [6.45, 7) is 2.05. The highest BCUT2D eigenvalue weighted by Crippen LogP contribution is 2.34. The minimum atomic E-state index is -0.456. The van der Waals surface area contributed by atoms with Gasteiger partial charge in [0.25, 0.3) is 5.91 Å². The van der Waals surface area contributed by atoms with E-state index in [1.165, 1.54) is 21.3 Å². The zero-order chi connectivity index (χ0) is 15.1. The lowest BCUT2D eigenvalue weighted by molar-refractivity contribution is 0.0942. The van der Waals surface area contributed by atoms with Crippen LogP contribution >= 0.6 is 0 Å². The molecule has 1 amide bonds. The molecule has 0 bridgehead atoms. The second kappa shape index (κ2) is 7.59. The van der Waals surface area contributed by atoms with Gasteiger partial charge in [-0.1, -0.05) is 0 Å². The number of nitrogens with one attached hydrogen (secondary N) is 1. The summed E-state index contributed by atoms with van der Waals surface area (Å²) in [5.41, 5.74) is 0.357. The Kier molecular flexibility index (Phi) is 6.11. The van der Waals surface area contributed by atoms with Crippen LogP contribution in [0.3, 0.4) is 0 Å². The van der Waals surface area contributed by atoms with Crippen molar-refractivity contribution in [1.29, 1.82) is 0 Å². The molecule has 1 unspecified atom stereocenters. The van der Waals surface area contributed by atoms with Crippen LogP contribution in [0.1, 0.15) is 23.7 Å². The van der Waals surface area contributed by atoms with Crippen LogP contribution in [0.15, 0.2) is 12.1 Å². The molecule has 6 heteroatoms. The Bertz CT molecular complexity index is 459. The average Bonchev–Trinajstić information content (AvgIpc) is 2.45. The van der Waals surface area contributed by atoms with Gasteiger partial charge in [0.15, 0.2) is 11.5 Å². The number of hydrogen-bond acceptors (Lipinski definition) is 5. The molecule has 0 aromatic heterocycles. The summed E-state index contributed by atoms with van der Waals surface area (Å²) in [6, 6.07) is 3.16. The number of benzene rings is 1. The molecule has 2 N–H and O–H groups in total. The van der Waals surface area contributed by atoms with E-state index in [9.17, 15) is 9.90 Å². The van der Waals surface area contributed by atoms with Gasteiger partial charge in [-0.15, -0.1) is 0 Å². The fourth-order valence-corrected chi connectivity index (χ4v) is 1.70. The standard InChI is InChI=1S/C14H21NO5/c1-9(16)5-6-15-14(17)10-7-12(19-3)13(20-4)8-11(10)18-2/h7-9,16H,5-6H2,1-4H3,(H,15,17). The van der Waals surface area contributed by atoms with Crippen LogP contribution in [0.5, 0.6) is 17.2 Å². The number of carbonyl (C=O) groups excluding carboxylic acids is 1. The molecule has 1 aromatic rings. The smallest absolute Gasteiger partial charge is 0.255 e. The van der Waals surface area contributed by atoms with E-state index in [0.717, 1.165) is 0 Å². The maximum Gasteiger partial charge on any atom is 0.255 e. The van der Waals surface area contributed by atoms with Gasteiger partial charge in [-0.25, -0.2) is 0 Å². The fraction of sp³-hybridized carbons (Fsp3) is 0.500. The molecule has 0 saturated carbocycles. The Labute approximate surface area is 118 Å². The highest BCUT2D eigenvalue weighted by atomic mass is 16.5. The largest absolute Gasteiger partial charge is 0.496 e. The zero-order valence-electron chi connectivity index (χ0n) is 12.2. The first kappa shape index (κ1) is 16.1. The molecule has 0 aliphatic rings. The Morgan fingerprint density at radius 1 is 1.15 bits per heavy atom. The molecule has 1 rings (SSSR count). The molecule has 0 heterocycles. The molecular weight excluding hydrogens is 262 g/mol. The predicted molar refractivity (Wildman–Crippen MR) is 74.7 cm³/mol. The first-order chi connectivity index (χ1) is 9.53. The summed E-state index contributed by atoms with van der Waals surface area (Å²) in [7, 11) is 4.49. The van der Waals surface area contributed by atoms with Crippen LogP contribution in [0, 0.1) is 0 Å². The third-order valence-corrected chi connectivity index (χ3v) is 2.80. The number of amides is 1. The summed E-state index contributed by atoms with van der Waals surface area (Å²) >= 11 is 0. The molecule has 0 radical (unpaired) electrons. The molecule has 0 aliphatic carbocycles. The lowest BCUT2D eigenvalue weighted by Gasteiger charge is -2.14. The normalized spacial score (nSPS) is 11.7. The van der Waals surface area contributed by atoms with Gasteiger partial charge in [0.05, 0.1) is 33.0 Å². The lowest BCUT2D eigenvalue weighted by atomic mass is 10.1. The third-order valence-electron chi connectivity index (χ3n) is 2.80. The van der Waals surface area contributed by atoms with Crippen molar-refractivity contribution in [1.82, 2.24) is 5.32 Å². The zero-order valence-corrected chi connectivity index (χ0v) is 12.2. The van der Waals surface area contributed by atoms with Crippen molar-refractivity contribution in [2.24, 2.45) is 0 Å². The molecule has 0 aliphatic heterocycles. The fourth-order valence-electron chi connectivity index (χ4n) is 1.70. The maximum atomic E-state index is 12.1. The van der Waals surface area contributed by atoms with Gasteiger partial charge in [0, 0.05) is 18.7 Å². The molecule has 0 spiro atoms. The van der Waals surface area contributed by atoms with Crippen LogP contribution < -0.4 is 19.5 Å². The average molecular weight is 283 g/mol. The number of aliphatic hydroxyl groups is 1. The molecule has 0 saturated heterocycles. The second-order valence-corrected chi connectivity index (χ2v) is 4.30. The maximum absolute atomic E-state index is 12.1. The van der Waals surface area contributed by atoms with Crippen LogP contribution in [0.4, 0.5) is 0 Å². The van der Waals surface area contributed by atoms with Crippen molar-refractivity contribution in [2.75, 3.05) is 27.9 Å². The van der Waals surface area contributed by atoms with Crippen LogP contribution in [-0.2, 0) is 0 Å². The van der Waals surface area contributed by atoms with E-state index >= 15 is 0 Å². The highest BCUT2D eigenvalue weighted by Gasteiger charge is 2.17. The lowest BCUT2D eigenvalue weighted by Crippen LogP contribution is -2.27. The number of carbonyl (C=O) groups is 1. The SMILES string of the molecule is COc1cc(OC)c(C(=O)NCCC(C)O)cc1OC. The van der Waals surface area contributed by atoms with E-state index in [1.807, 2.05) is 0 Å². The highest BCUT2D eigenvalue weighted by molar-refractivity contribution is 5.97. The summed E-state index contributed by atoms with van der Waals surface area (Å²) in [6.07, 6.45) is 0.0315. The van der Waals surface area contributed by atoms with E-state index in [2.05, 4.69) is 5.32 Å². The van der Waals surface area contributed by atoms with Gasteiger partial charge < -0.3 is 24.6 Å². The summed E-state index contributed by atoms with van der Waals surface area (Å²) in [4.78, 5) is 12.1. The van der Waals surface area contributed by atoms with E-state index in [0.29, 0.717) is 35.8 Å². The van der Waals surface area contributed by atoms with Gasteiger partial charge in [0.2, 0.25) is 0 Å². The third kappa shape index (κ3) is 4.03. The van der Waals surface area contributed by atoms with Gasteiger partial charge in [-0.3, -0.25) is 4.79 Å². The van der Waals surface area contributed by atoms with E-state index < -0.39 is 6.10 Å². The number of methoxy groups -OCH3 is 3. The summed E-state index contributed by atoms with van der Waals surface area (Å²) in [5, 5.41) is 11.9. The Balaban J connectivity index is 2.94. The van der Waals surface area contributed by atoms with Crippen LogP contribution in [-0.4, -0.2) is 45.0 Å². The van der Waals surface area contributed by atoms with Gasteiger partial charge in [-0.05, 0) is 13.3 Å². The van der Waals surface area contributed by atoms with Gasteiger partial charge in [-0.2, -0.15) is 0 Å². The minimum Gasteiger partial charge on any atom is -0.496 e. The number of aliphatic hydroxyl groups excluding tert-OH is 1. The summed E-state index contributed by atoms with van der Waals surface area (Å²) in [5.74, 6) is 1.06. The molecule has 1 atom stereocenters. The van der Waals surface area contributed by atoms with Crippen LogP contribution in [0.2, 0.25) is 0 Å². The van der Waals surface area contributed by atoms with Gasteiger partial charge >= 0.3 is 0 Å². The van der Waals surface area contributed by atoms with Gasteiger partial charge in [0.1, 0.15) is 5.75 Å². The predicted octanol–water partition coefficient (Wildman–Crippen LogP) is 1.21. The first-order valence-corrected chi connectivity index (χ1v) is 6.29. The molecule has 20 heavy (non-hydrogen) atoms. The first-order valence-electron chi connectivity index (χ1n) is 6.29. The Hall–Kier alpha value is -1.95. The Morgan fingerprint density at radius 3 is 2.20 bits per heavy atom. The van der Waals surface area contributed by atoms with Crippen LogP contribution in [0.25, 0.3) is 0 Å². The van der Waals surface area contributed by atoms with Crippen molar-refractivity contribution < 1.29 is 24.1 Å². The monoisotopic (exact) mass is 283 g/mol. The molecule has 6 nitrogen and oxygen atoms in total. The quantitative estimate of drug-likeness (QED) is 0.786. The number of ether oxygens (including phenoxy) is 3. The van der Waals surface area contributed by atoms with E-state index in [-0.39, 0.29) is 5.91 Å². The molecule has 112 valence electrons. The summed E-state index contributed by atoms with van der Waals surface area (Å²) < 4.78 is 15.5. The van der Waals surface area contributed by atoms with Crippen molar-refractivity contribution in [2.45, 2.75) is 19.4 Å². The van der Waals surface area contributed by atoms with Crippen molar-refractivity contribution in [3.63, 3.8) is 0 Å². The Morgan fingerprint density at radius 2 is 1.70 bits per heavy atom. The topological polar surface area (TPSA) is 77.0 Å². The van der Waals surface area contributed by atoms with Crippen molar-refractivity contribution in [3.8, 4) is 17.2 Å². The number of hydrogen-bond donors (Lipinski definition) is 2. The van der Waals surface area contributed by atoms with Crippen molar-refractivity contribution >= 4 is 5.91 Å². The molecule has 1 aromatic carbocycles.